The Kier molecular flexibility index (Phi) is 13.9. The molecule has 0 atom stereocenters. The summed E-state index contributed by atoms with van der Waals surface area (Å²) >= 11 is 9.35. The molecule has 0 fully saturated rings. The van der Waals surface area contributed by atoms with Crippen molar-refractivity contribution in [2.75, 3.05) is 46.0 Å². The second kappa shape index (κ2) is 16.7. The third kappa shape index (κ3) is 10.3. The van der Waals surface area contributed by atoms with Gasteiger partial charge < -0.3 is 0 Å². The molecule has 2 aromatic carbocycles. The lowest BCUT2D eigenvalue weighted by atomic mass is 10.1. The van der Waals surface area contributed by atoms with Crippen LogP contribution in [0, 0.1) is 45.3 Å². The van der Waals surface area contributed by atoms with Gasteiger partial charge >= 0.3 is 0 Å². The Bertz CT molecular complexity index is 991. The fourth-order valence-corrected chi connectivity index (χ4v) is 7.89. The van der Waals surface area contributed by atoms with E-state index in [9.17, 15) is 0 Å². The largest absolute Gasteiger partial charge is 0.192 e. The molecule has 0 radical (unpaired) electrons. The number of hydrogen-bond acceptors (Lipinski definition) is 9. The van der Waals surface area contributed by atoms with E-state index in [2.05, 4.69) is 12.1 Å². The Morgan fingerprint density at radius 1 is 0.455 bits per heavy atom. The molecular weight excluding hydrogens is 505 g/mol. The molecule has 4 nitrogen and oxygen atoms in total. The normalized spacial score (nSPS) is 10.1. The van der Waals surface area contributed by atoms with E-state index in [4.69, 9.17) is 21.0 Å². The van der Waals surface area contributed by atoms with Crippen LogP contribution in [0.15, 0.2) is 46.2 Å². The van der Waals surface area contributed by atoms with Crippen LogP contribution in [0.25, 0.3) is 0 Å². The van der Waals surface area contributed by atoms with Gasteiger partial charge in [0.2, 0.25) is 0 Å². The summed E-state index contributed by atoms with van der Waals surface area (Å²) in [5.41, 5.74) is 1.77. The molecule has 168 valence electrons. The van der Waals surface area contributed by atoms with Crippen LogP contribution in [0.5, 0.6) is 0 Å². The zero-order valence-corrected chi connectivity index (χ0v) is 22.0. The Hall–Kier alpha value is -1.85. The molecule has 2 rings (SSSR count). The summed E-state index contributed by atoms with van der Waals surface area (Å²) in [4.78, 5) is 2.08. The number of hydrogen-bond donors (Lipinski definition) is 0. The molecule has 33 heavy (non-hydrogen) atoms. The highest BCUT2D eigenvalue weighted by Gasteiger charge is 2.04. The minimum Gasteiger partial charge on any atom is -0.192 e. The molecule has 0 saturated heterocycles. The quantitative estimate of drug-likeness (QED) is 0.209. The standard InChI is InChI=1S/C24H22N4S5/c25-15-19-1-3-23(13-21(19)17-27)32-11-9-30-7-5-29-6-8-31-10-12-33-24-4-2-20(16-26)22(14-24)18-28/h1-4,13-14H,5-12H2. The van der Waals surface area contributed by atoms with Gasteiger partial charge in [-0.05, 0) is 36.4 Å². The van der Waals surface area contributed by atoms with Gasteiger partial charge in [0.25, 0.3) is 0 Å². The Balaban J connectivity index is 1.44. The second-order valence-electron chi connectivity index (χ2n) is 6.40. The molecule has 0 amide bonds. The van der Waals surface area contributed by atoms with Crippen LogP contribution in [0.3, 0.4) is 0 Å². The highest BCUT2D eigenvalue weighted by Crippen LogP contribution is 2.24. The van der Waals surface area contributed by atoms with Crippen molar-refractivity contribution in [1.29, 1.82) is 21.0 Å². The predicted octanol–water partition coefficient (Wildman–Crippen LogP) is 6.26. The molecule has 0 heterocycles. The lowest BCUT2D eigenvalue weighted by molar-refractivity contribution is 1.36. The molecule has 9 heteroatoms. The molecule has 0 saturated carbocycles. The lowest BCUT2D eigenvalue weighted by Crippen LogP contribution is -1.94. The van der Waals surface area contributed by atoms with E-state index in [0.29, 0.717) is 22.3 Å². The number of nitriles is 4. The molecule has 0 unspecified atom stereocenters. The van der Waals surface area contributed by atoms with Crippen LogP contribution < -0.4 is 0 Å². The van der Waals surface area contributed by atoms with E-state index in [1.165, 1.54) is 0 Å². The molecular formula is C24H22N4S5. The van der Waals surface area contributed by atoms with E-state index >= 15 is 0 Å². The summed E-state index contributed by atoms with van der Waals surface area (Å²) < 4.78 is 0. The zero-order chi connectivity index (χ0) is 23.7. The highest BCUT2D eigenvalue weighted by atomic mass is 32.2. The predicted molar refractivity (Wildman–Crippen MR) is 145 cm³/mol. The summed E-state index contributed by atoms with van der Waals surface area (Å²) in [5, 5.41) is 36.1. The molecule has 2 aromatic rings. The van der Waals surface area contributed by atoms with Gasteiger partial charge in [-0.25, -0.2) is 0 Å². The van der Waals surface area contributed by atoms with Gasteiger partial charge in [0, 0.05) is 55.8 Å². The first-order valence-corrected chi connectivity index (χ1v) is 15.5. The van der Waals surface area contributed by atoms with E-state index in [-0.39, 0.29) is 0 Å². The van der Waals surface area contributed by atoms with Gasteiger partial charge in [-0.15, -0.1) is 23.5 Å². The first kappa shape index (κ1) is 27.4. The van der Waals surface area contributed by atoms with Crippen molar-refractivity contribution in [2.24, 2.45) is 0 Å². The van der Waals surface area contributed by atoms with Gasteiger partial charge in [-0.3, -0.25) is 0 Å². The van der Waals surface area contributed by atoms with Crippen LogP contribution in [-0.4, -0.2) is 46.0 Å². The topological polar surface area (TPSA) is 95.2 Å². The van der Waals surface area contributed by atoms with Gasteiger partial charge in [0.15, 0.2) is 0 Å². The average molecular weight is 527 g/mol. The van der Waals surface area contributed by atoms with Crippen LogP contribution in [-0.2, 0) is 0 Å². The van der Waals surface area contributed by atoms with Crippen molar-refractivity contribution in [3.8, 4) is 24.3 Å². The lowest BCUT2D eigenvalue weighted by Gasteiger charge is -2.05. The Morgan fingerprint density at radius 3 is 1.12 bits per heavy atom. The molecule has 0 aliphatic heterocycles. The summed E-state index contributed by atoms with van der Waals surface area (Å²) in [6.07, 6.45) is 0. The fraction of sp³-hybridized carbons (Fsp3) is 0.333. The Labute approximate surface area is 217 Å². The first-order valence-electron chi connectivity index (χ1n) is 10.1. The van der Waals surface area contributed by atoms with Crippen LogP contribution >= 0.6 is 58.8 Å². The van der Waals surface area contributed by atoms with Gasteiger partial charge in [0.1, 0.15) is 24.3 Å². The molecule has 0 spiro atoms. The number of benzene rings is 2. The van der Waals surface area contributed by atoms with Crippen molar-refractivity contribution in [3.05, 3.63) is 58.7 Å². The number of thioether (sulfide) groups is 5. The minimum atomic E-state index is 0.436. The number of rotatable bonds is 14. The van der Waals surface area contributed by atoms with Crippen molar-refractivity contribution in [3.63, 3.8) is 0 Å². The van der Waals surface area contributed by atoms with Crippen molar-refractivity contribution in [2.45, 2.75) is 9.79 Å². The highest BCUT2D eigenvalue weighted by molar-refractivity contribution is 8.05. The molecule has 0 aliphatic carbocycles. The molecule has 0 aliphatic rings. The maximum Gasteiger partial charge on any atom is 0.101 e. The van der Waals surface area contributed by atoms with Gasteiger partial charge in [0.05, 0.1) is 22.3 Å². The van der Waals surface area contributed by atoms with Crippen LogP contribution in [0.2, 0.25) is 0 Å². The smallest absolute Gasteiger partial charge is 0.101 e. The van der Waals surface area contributed by atoms with Crippen molar-refractivity contribution in [1.82, 2.24) is 0 Å². The Morgan fingerprint density at radius 2 is 0.788 bits per heavy atom. The third-order valence-electron chi connectivity index (χ3n) is 4.20. The third-order valence-corrected chi connectivity index (χ3v) is 10.2. The molecule has 0 aromatic heterocycles. The minimum absolute atomic E-state index is 0.436. The van der Waals surface area contributed by atoms with Gasteiger partial charge in [-0.1, -0.05) is 0 Å². The summed E-state index contributed by atoms with van der Waals surface area (Å²) in [7, 11) is 0. The monoisotopic (exact) mass is 526 g/mol. The second-order valence-corrected chi connectivity index (χ2v) is 12.4. The average Bonchev–Trinajstić information content (AvgIpc) is 2.86. The van der Waals surface area contributed by atoms with Crippen LogP contribution in [0.1, 0.15) is 22.3 Å². The van der Waals surface area contributed by atoms with E-state index in [1.54, 1.807) is 47.8 Å². The summed E-state index contributed by atoms with van der Waals surface area (Å²) in [6, 6.07) is 19.1. The zero-order valence-electron chi connectivity index (χ0n) is 18.0. The van der Waals surface area contributed by atoms with Gasteiger partial charge in [-0.2, -0.15) is 56.3 Å². The van der Waals surface area contributed by atoms with Crippen molar-refractivity contribution >= 4 is 58.8 Å². The maximum absolute atomic E-state index is 9.09. The first-order chi connectivity index (χ1) is 16.2. The van der Waals surface area contributed by atoms with E-state index in [0.717, 1.165) is 55.8 Å². The summed E-state index contributed by atoms with van der Waals surface area (Å²) in [5.74, 6) is 8.73. The maximum atomic E-state index is 9.09. The molecule has 0 bridgehead atoms. The molecule has 0 N–H and O–H groups in total. The SMILES string of the molecule is N#Cc1ccc(SCCSCCSCCSCCSc2ccc(C#N)c(C#N)c2)cc1C#N. The summed E-state index contributed by atoms with van der Waals surface area (Å²) in [6.45, 7) is 0. The van der Waals surface area contributed by atoms with E-state index < -0.39 is 0 Å². The number of nitrogens with zero attached hydrogens (tertiary/aromatic N) is 4. The van der Waals surface area contributed by atoms with E-state index in [1.807, 2.05) is 59.6 Å². The van der Waals surface area contributed by atoms with Crippen LogP contribution in [0.4, 0.5) is 0 Å². The fourth-order valence-electron chi connectivity index (χ4n) is 2.59. The van der Waals surface area contributed by atoms with Crippen molar-refractivity contribution < 1.29 is 0 Å².